The van der Waals surface area contributed by atoms with E-state index in [0.717, 1.165) is 16.7 Å². The molecule has 0 bridgehead atoms. The maximum Gasteiger partial charge on any atom is 0.305 e. The Morgan fingerprint density at radius 3 is 2.28 bits per heavy atom. The minimum absolute atomic E-state index is 0.0251. The van der Waals surface area contributed by atoms with Crippen molar-refractivity contribution in [3.63, 3.8) is 0 Å². The van der Waals surface area contributed by atoms with Crippen LogP contribution in [0.15, 0.2) is 77.7 Å². The minimum atomic E-state index is -3.87. The molecule has 0 fully saturated rings. The average Bonchev–Trinajstić information content (AvgIpc) is 2.86. The lowest BCUT2D eigenvalue weighted by Crippen LogP contribution is -2.34. The first-order chi connectivity index (χ1) is 17.1. The number of hydrogen-bond acceptors (Lipinski definition) is 4. The van der Waals surface area contributed by atoms with E-state index in [1.807, 2.05) is 26.0 Å². The van der Waals surface area contributed by atoms with Crippen LogP contribution in [0.4, 0.5) is 0 Å². The normalized spacial score (nSPS) is 12.3. The summed E-state index contributed by atoms with van der Waals surface area (Å²) in [6.07, 6.45) is 0.370. The van der Waals surface area contributed by atoms with Crippen molar-refractivity contribution in [2.45, 2.75) is 44.2 Å². The van der Waals surface area contributed by atoms with Crippen LogP contribution in [0.1, 0.15) is 52.9 Å². The van der Waals surface area contributed by atoms with Crippen molar-refractivity contribution in [2.75, 3.05) is 6.54 Å². The number of halogens is 1. The monoisotopic (exact) mass is 528 g/mol. The lowest BCUT2D eigenvalue weighted by Gasteiger charge is -2.31. The van der Waals surface area contributed by atoms with E-state index in [9.17, 15) is 18.0 Å². The molecule has 3 aromatic carbocycles. The second-order valence-corrected chi connectivity index (χ2v) is 10.7. The molecule has 2 N–H and O–H groups in total. The van der Waals surface area contributed by atoms with Gasteiger partial charge < -0.3 is 10.4 Å². The van der Waals surface area contributed by atoms with E-state index in [2.05, 4.69) is 5.32 Å². The summed E-state index contributed by atoms with van der Waals surface area (Å²) in [6, 6.07) is 20.1. The highest BCUT2D eigenvalue weighted by molar-refractivity contribution is 7.89. The van der Waals surface area contributed by atoms with E-state index in [-0.39, 0.29) is 30.3 Å². The first kappa shape index (κ1) is 27.4. The summed E-state index contributed by atoms with van der Waals surface area (Å²) in [7, 11) is -3.87. The summed E-state index contributed by atoms with van der Waals surface area (Å²) in [6.45, 7) is 3.88. The third-order valence-corrected chi connectivity index (χ3v) is 8.02. The number of carboxylic acids is 1. The molecule has 0 saturated heterocycles. The van der Waals surface area contributed by atoms with Crippen LogP contribution in [0.5, 0.6) is 0 Å². The van der Waals surface area contributed by atoms with Gasteiger partial charge in [0.15, 0.2) is 0 Å². The topological polar surface area (TPSA) is 104 Å². The highest BCUT2D eigenvalue weighted by Crippen LogP contribution is 2.33. The van der Waals surface area contributed by atoms with Gasteiger partial charge >= 0.3 is 5.97 Å². The Labute approximate surface area is 216 Å². The van der Waals surface area contributed by atoms with Crippen LogP contribution >= 0.6 is 11.6 Å². The summed E-state index contributed by atoms with van der Waals surface area (Å²) in [4.78, 5) is 23.3. The smallest absolute Gasteiger partial charge is 0.305 e. The fourth-order valence-corrected chi connectivity index (χ4v) is 5.76. The van der Waals surface area contributed by atoms with Crippen molar-refractivity contribution < 1.29 is 23.1 Å². The van der Waals surface area contributed by atoms with E-state index in [4.69, 9.17) is 16.7 Å². The quantitative estimate of drug-likeness (QED) is 0.356. The zero-order chi connectivity index (χ0) is 26.3. The van der Waals surface area contributed by atoms with Gasteiger partial charge in [-0.05, 0) is 66.4 Å². The van der Waals surface area contributed by atoms with Crippen LogP contribution in [0.2, 0.25) is 5.02 Å². The number of benzene rings is 3. The van der Waals surface area contributed by atoms with Crippen LogP contribution in [-0.2, 0) is 21.4 Å². The molecule has 9 heteroatoms. The summed E-state index contributed by atoms with van der Waals surface area (Å²) in [5.41, 5.74) is 2.71. The zero-order valence-corrected chi connectivity index (χ0v) is 21.7. The van der Waals surface area contributed by atoms with Crippen LogP contribution < -0.4 is 5.32 Å². The Morgan fingerprint density at radius 2 is 1.69 bits per heavy atom. The highest BCUT2D eigenvalue weighted by atomic mass is 35.5. The van der Waals surface area contributed by atoms with E-state index in [1.54, 1.807) is 60.7 Å². The number of rotatable bonds is 11. The third-order valence-electron chi connectivity index (χ3n) is 5.89. The molecule has 0 aromatic heterocycles. The molecule has 1 unspecified atom stereocenters. The minimum Gasteiger partial charge on any atom is -0.481 e. The Hall–Kier alpha value is -3.20. The van der Waals surface area contributed by atoms with Crippen molar-refractivity contribution in [3.8, 4) is 0 Å². The molecule has 3 rings (SSSR count). The van der Waals surface area contributed by atoms with Crippen molar-refractivity contribution >= 4 is 33.5 Å². The zero-order valence-electron chi connectivity index (χ0n) is 20.1. The SMILES string of the molecule is CCC(c1ccc(Cl)cc1)N(Cc1ccc(C(=O)NCCC(=O)O)cc1C)S(=O)(=O)c1ccccc1. The lowest BCUT2D eigenvalue weighted by atomic mass is 10.0. The maximum absolute atomic E-state index is 13.8. The number of hydrogen-bond donors (Lipinski definition) is 2. The van der Waals surface area contributed by atoms with Crippen LogP contribution in [-0.4, -0.2) is 36.3 Å². The molecule has 0 aliphatic rings. The van der Waals surface area contributed by atoms with Gasteiger partial charge in [-0.1, -0.05) is 54.9 Å². The Kier molecular flexibility index (Phi) is 9.25. The van der Waals surface area contributed by atoms with Gasteiger partial charge in [0.05, 0.1) is 17.4 Å². The number of nitrogens with zero attached hydrogens (tertiary/aromatic N) is 1. The summed E-state index contributed by atoms with van der Waals surface area (Å²) in [5, 5.41) is 11.9. The van der Waals surface area contributed by atoms with Gasteiger partial charge in [-0.15, -0.1) is 0 Å². The molecule has 0 spiro atoms. The maximum atomic E-state index is 13.8. The molecule has 0 heterocycles. The average molecular weight is 529 g/mol. The van der Waals surface area contributed by atoms with Crippen molar-refractivity contribution in [1.29, 1.82) is 0 Å². The Balaban J connectivity index is 1.96. The number of carbonyl (C=O) groups excluding carboxylic acids is 1. The first-order valence-electron chi connectivity index (χ1n) is 11.6. The van der Waals surface area contributed by atoms with Gasteiger partial charge in [-0.2, -0.15) is 4.31 Å². The van der Waals surface area contributed by atoms with E-state index < -0.39 is 22.0 Å². The number of carbonyl (C=O) groups is 2. The fourth-order valence-electron chi connectivity index (χ4n) is 3.95. The number of carboxylic acid groups (broad SMARTS) is 1. The Morgan fingerprint density at radius 1 is 1.03 bits per heavy atom. The van der Waals surface area contributed by atoms with Gasteiger partial charge in [-0.3, -0.25) is 9.59 Å². The van der Waals surface area contributed by atoms with Crippen molar-refractivity contribution in [3.05, 3.63) is 100 Å². The van der Waals surface area contributed by atoms with Crippen molar-refractivity contribution in [1.82, 2.24) is 9.62 Å². The van der Waals surface area contributed by atoms with Gasteiger partial charge in [0.1, 0.15) is 0 Å². The standard InChI is InChI=1S/C27H29ClN2O5S/c1-3-25(20-11-13-23(28)14-12-20)30(36(34,35)24-7-5-4-6-8-24)18-22-10-9-21(17-19(22)2)27(33)29-16-15-26(31)32/h4-14,17,25H,3,15-16,18H2,1-2H3,(H,29,33)(H,31,32). The summed E-state index contributed by atoms with van der Waals surface area (Å²) in [5.74, 6) is -1.38. The van der Waals surface area contributed by atoms with E-state index >= 15 is 0 Å². The van der Waals surface area contributed by atoms with Gasteiger partial charge in [0, 0.05) is 23.7 Å². The molecule has 0 saturated carbocycles. The molecule has 36 heavy (non-hydrogen) atoms. The third kappa shape index (κ3) is 6.72. The predicted octanol–water partition coefficient (Wildman–Crippen LogP) is 5.20. The molecule has 1 amide bonds. The second kappa shape index (κ2) is 12.2. The molecule has 190 valence electrons. The lowest BCUT2D eigenvalue weighted by molar-refractivity contribution is -0.136. The van der Waals surface area contributed by atoms with Gasteiger partial charge in [0.25, 0.3) is 5.91 Å². The number of nitrogens with one attached hydrogen (secondary N) is 1. The molecular weight excluding hydrogens is 500 g/mol. The predicted molar refractivity (Wildman–Crippen MR) is 139 cm³/mol. The molecule has 7 nitrogen and oxygen atoms in total. The molecule has 0 aliphatic carbocycles. The molecule has 0 aliphatic heterocycles. The number of aryl methyl sites for hydroxylation is 1. The molecule has 3 aromatic rings. The Bertz CT molecular complexity index is 1310. The fraction of sp³-hybridized carbons (Fsp3) is 0.259. The van der Waals surface area contributed by atoms with Gasteiger partial charge in [0.2, 0.25) is 10.0 Å². The summed E-state index contributed by atoms with van der Waals surface area (Å²) >= 11 is 6.07. The summed E-state index contributed by atoms with van der Waals surface area (Å²) < 4.78 is 29.1. The number of aliphatic carboxylic acids is 1. The number of sulfonamides is 1. The van der Waals surface area contributed by atoms with Crippen molar-refractivity contribution in [2.24, 2.45) is 0 Å². The molecular formula is C27H29ClN2O5S. The van der Waals surface area contributed by atoms with Crippen LogP contribution in [0.25, 0.3) is 0 Å². The van der Waals surface area contributed by atoms with Crippen LogP contribution in [0, 0.1) is 6.92 Å². The second-order valence-electron chi connectivity index (χ2n) is 8.38. The van der Waals surface area contributed by atoms with E-state index in [1.165, 1.54) is 4.31 Å². The van der Waals surface area contributed by atoms with E-state index in [0.29, 0.717) is 17.0 Å². The largest absolute Gasteiger partial charge is 0.481 e. The molecule has 1 atom stereocenters. The first-order valence-corrected chi connectivity index (χ1v) is 13.4. The highest BCUT2D eigenvalue weighted by Gasteiger charge is 2.32. The van der Waals surface area contributed by atoms with Gasteiger partial charge in [-0.25, -0.2) is 8.42 Å². The number of amides is 1. The van der Waals surface area contributed by atoms with Crippen LogP contribution in [0.3, 0.4) is 0 Å². The molecule has 0 radical (unpaired) electrons.